The molecule has 1 fully saturated rings. The van der Waals surface area contributed by atoms with Gasteiger partial charge >= 0.3 is 0 Å². The number of rotatable bonds is 3. The van der Waals surface area contributed by atoms with Crippen molar-refractivity contribution in [2.45, 2.75) is 43.7 Å². The highest BCUT2D eigenvalue weighted by Gasteiger charge is 2.42. The highest BCUT2D eigenvalue weighted by molar-refractivity contribution is 5.14. The summed E-state index contributed by atoms with van der Waals surface area (Å²) in [4.78, 5) is 0. The smallest absolute Gasteiger partial charge is 0.112 e. The molecule has 80 valence electrons. The van der Waals surface area contributed by atoms with Gasteiger partial charge in [-0.25, -0.2) is 0 Å². The van der Waals surface area contributed by atoms with Crippen molar-refractivity contribution in [1.82, 2.24) is 0 Å². The van der Waals surface area contributed by atoms with E-state index in [2.05, 4.69) is 6.08 Å². The van der Waals surface area contributed by atoms with Gasteiger partial charge in [-0.2, -0.15) is 0 Å². The van der Waals surface area contributed by atoms with Gasteiger partial charge in [0, 0.05) is 13.5 Å². The lowest BCUT2D eigenvalue weighted by Crippen LogP contribution is -2.48. The van der Waals surface area contributed by atoms with E-state index in [0.717, 1.165) is 31.6 Å². The Hall–Kier alpha value is -0.540. The molecule has 0 saturated heterocycles. The largest absolute Gasteiger partial charge is 0.496 e. The Morgan fingerprint density at radius 1 is 1.50 bits per heavy atom. The maximum atomic E-state index is 6.21. The normalized spacial score (nSPS) is 27.1. The zero-order chi connectivity index (χ0) is 10.0. The molecule has 1 heterocycles. The second kappa shape index (κ2) is 3.91. The van der Waals surface area contributed by atoms with Crippen molar-refractivity contribution in [1.29, 1.82) is 0 Å². The Balaban J connectivity index is 2.10. The summed E-state index contributed by atoms with van der Waals surface area (Å²) in [7, 11) is 1.76. The van der Waals surface area contributed by atoms with Gasteiger partial charge in [-0.3, -0.25) is 0 Å². The third-order valence-electron chi connectivity index (χ3n) is 3.46. The van der Waals surface area contributed by atoms with Gasteiger partial charge in [0.05, 0.1) is 18.2 Å². The van der Waals surface area contributed by atoms with Crippen LogP contribution in [0.3, 0.4) is 0 Å². The number of nitrogens with two attached hydrogens (primary N) is 1. The number of hydrogen-bond acceptors (Lipinski definition) is 3. The van der Waals surface area contributed by atoms with Crippen LogP contribution in [0.1, 0.15) is 32.1 Å². The maximum Gasteiger partial charge on any atom is 0.112 e. The molecule has 0 spiro atoms. The Labute approximate surface area is 85.3 Å². The minimum Gasteiger partial charge on any atom is -0.496 e. The molecular formula is C11H19NO2. The van der Waals surface area contributed by atoms with Crippen LogP contribution in [0.15, 0.2) is 11.8 Å². The summed E-state index contributed by atoms with van der Waals surface area (Å²) >= 11 is 0. The lowest BCUT2D eigenvalue weighted by atomic mass is 9.91. The van der Waals surface area contributed by atoms with Crippen LogP contribution in [0, 0.1) is 0 Å². The van der Waals surface area contributed by atoms with Gasteiger partial charge in [-0.15, -0.1) is 0 Å². The molecule has 2 N–H and O–H groups in total. The van der Waals surface area contributed by atoms with E-state index in [1.807, 2.05) is 0 Å². The van der Waals surface area contributed by atoms with E-state index in [1.165, 1.54) is 12.8 Å². The number of methoxy groups -OCH3 is 1. The first-order chi connectivity index (χ1) is 6.78. The van der Waals surface area contributed by atoms with E-state index in [0.29, 0.717) is 0 Å². The van der Waals surface area contributed by atoms with Gasteiger partial charge in [-0.05, 0) is 18.9 Å². The topological polar surface area (TPSA) is 44.5 Å². The minimum atomic E-state index is -0.157. The number of ether oxygens (including phenoxy) is 2. The standard InChI is InChI=1S/C11H19NO2/c1-13-11(6-2-3-7-11)10(12)9-5-4-8-14-9/h5,10H,2-4,6-8,12H2,1H3. The van der Waals surface area contributed by atoms with Crippen molar-refractivity contribution in [2.24, 2.45) is 5.73 Å². The predicted octanol–water partition coefficient (Wildman–Crippen LogP) is 1.58. The minimum absolute atomic E-state index is 0.0718. The first kappa shape index (κ1) is 9.99. The van der Waals surface area contributed by atoms with E-state index in [1.54, 1.807) is 7.11 Å². The molecule has 0 amide bonds. The molecule has 0 aromatic heterocycles. The molecule has 3 heteroatoms. The molecular weight excluding hydrogens is 178 g/mol. The fourth-order valence-corrected chi connectivity index (χ4v) is 2.53. The van der Waals surface area contributed by atoms with Crippen LogP contribution in [-0.4, -0.2) is 25.4 Å². The summed E-state index contributed by atoms with van der Waals surface area (Å²) in [6.45, 7) is 0.781. The average molecular weight is 197 g/mol. The van der Waals surface area contributed by atoms with Crippen molar-refractivity contribution in [3.63, 3.8) is 0 Å². The molecule has 0 aromatic carbocycles. The molecule has 2 rings (SSSR count). The molecule has 1 saturated carbocycles. The fraction of sp³-hybridized carbons (Fsp3) is 0.818. The van der Waals surface area contributed by atoms with E-state index in [-0.39, 0.29) is 11.6 Å². The van der Waals surface area contributed by atoms with Crippen LogP contribution in [0.5, 0.6) is 0 Å². The molecule has 14 heavy (non-hydrogen) atoms. The molecule has 1 aliphatic carbocycles. The molecule has 3 nitrogen and oxygen atoms in total. The number of hydrogen-bond donors (Lipinski definition) is 1. The fourth-order valence-electron chi connectivity index (χ4n) is 2.53. The lowest BCUT2D eigenvalue weighted by molar-refractivity contribution is -0.0280. The SMILES string of the molecule is COC1(C(N)C2=CCCO2)CCCC1. The summed E-state index contributed by atoms with van der Waals surface area (Å²) in [5.74, 6) is 0.939. The summed E-state index contributed by atoms with van der Waals surface area (Å²) in [6.07, 6.45) is 7.65. The van der Waals surface area contributed by atoms with E-state index >= 15 is 0 Å². The third-order valence-corrected chi connectivity index (χ3v) is 3.46. The Morgan fingerprint density at radius 2 is 2.21 bits per heavy atom. The van der Waals surface area contributed by atoms with E-state index < -0.39 is 0 Å². The van der Waals surface area contributed by atoms with Crippen molar-refractivity contribution >= 4 is 0 Å². The molecule has 1 unspecified atom stereocenters. The zero-order valence-electron chi connectivity index (χ0n) is 8.79. The van der Waals surface area contributed by atoms with Crippen LogP contribution < -0.4 is 5.73 Å². The first-order valence-electron chi connectivity index (χ1n) is 5.42. The predicted molar refractivity (Wildman–Crippen MR) is 54.8 cm³/mol. The van der Waals surface area contributed by atoms with Gasteiger partial charge in [0.15, 0.2) is 0 Å². The second-order valence-corrected chi connectivity index (χ2v) is 4.20. The molecule has 1 aliphatic heterocycles. The summed E-state index contributed by atoms with van der Waals surface area (Å²) < 4.78 is 11.1. The Kier molecular flexibility index (Phi) is 2.79. The highest BCUT2D eigenvalue weighted by atomic mass is 16.5. The van der Waals surface area contributed by atoms with Crippen molar-refractivity contribution in [3.8, 4) is 0 Å². The van der Waals surface area contributed by atoms with Gasteiger partial charge < -0.3 is 15.2 Å². The van der Waals surface area contributed by atoms with Crippen molar-refractivity contribution in [2.75, 3.05) is 13.7 Å². The summed E-state index contributed by atoms with van der Waals surface area (Å²) in [5.41, 5.74) is 6.05. The van der Waals surface area contributed by atoms with Crippen LogP contribution in [0.4, 0.5) is 0 Å². The quantitative estimate of drug-likeness (QED) is 0.747. The van der Waals surface area contributed by atoms with Gasteiger partial charge in [-0.1, -0.05) is 12.8 Å². The third kappa shape index (κ3) is 1.55. The molecule has 2 aliphatic rings. The molecule has 0 aromatic rings. The van der Waals surface area contributed by atoms with Gasteiger partial charge in [0.25, 0.3) is 0 Å². The van der Waals surface area contributed by atoms with Crippen LogP contribution in [0.25, 0.3) is 0 Å². The van der Waals surface area contributed by atoms with Crippen LogP contribution in [-0.2, 0) is 9.47 Å². The first-order valence-corrected chi connectivity index (χ1v) is 5.42. The second-order valence-electron chi connectivity index (χ2n) is 4.20. The van der Waals surface area contributed by atoms with E-state index in [9.17, 15) is 0 Å². The van der Waals surface area contributed by atoms with E-state index in [4.69, 9.17) is 15.2 Å². The van der Waals surface area contributed by atoms with Gasteiger partial charge in [0.2, 0.25) is 0 Å². The molecule has 1 atom stereocenters. The molecule has 0 radical (unpaired) electrons. The highest BCUT2D eigenvalue weighted by Crippen LogP contribution is 2.38. The Morgan fingerprint density at radius 3 is 2.71 bits per heavy atom. The monoisotopic (exact) mass is 197 g/mol. The zero-order valence-corrected chi connectivity index (χ0v) is 8.79. The van der Waals surface area contributed by atoms with Crippen LogP contribution >= 0.6 is 0 Å². The maximum absolute atomic E-state index is 6.21. The van der Waals surface area contributed by atoms with Gasteiger partial charge in [0.1, 0.15) is 5.76 Å². The molecule has 0 bridgehead atoms. The summed E-state index contributed by atoms with van der Waals surface area (Å²) in [6, 6.07) is -0.0718. The van der Waals surface area contributed by atoms with Crippen LogP contribution in [0.2, 0.25) is 0 Å². The lowest BCUT2D eigenvalue weighted by Gasteiger charge is -2.34. The van der Waals surface area contributed by atoms with Crippen molar-refractivity contribution in [3.05, 3.63) is 11.8 Å². The Bertz CT molecular complexity index is 231. The average Bonchev–Trinajstić information content (AvgIpc) is 2.89. The summed E-state index contributed by atoms with van der Waals surface area (Å²) in [5, 5.41) is 0. The van der Waals surface area contributed by atoms with Crippen molar-refractivity contribution < 1.29 is 9.47 Å².